The molecule has 0 bridgehead atoms. The number of allylic oxidation sites excluding steroid dienone is 1. The molecule has 1 heterocycles. The van der Waals surface area contributed by atoms with Gasteiger partial charge in [0.15, 0.2) is 0 Å². The van der Waals surface area contributed by atoms with Gasteiger partial charge < -0.3 is 5.11 Å². The van der Waals surface area contributed by atoms with Gasteiger partial charge in [-0.1, -0.05) is 17.7 Å². The van der Waals surface area contributed by atoms with E-state index < -0.39 is 6.10 Å². The van der Waals surface area contributed by atoms with Crippen molar-refractivity contribution >= 4 is 11.3 Å². The quantitative estimate of drug-likeness (QED) is 0.829. The van der Waals surface area contributed by atoms with Gasteiger partial charge >= 0.3 is 0 Å². The first-order chi connectivity index (χ1) is 7.99. The zero-order valence-electron chi connectivity index (χ0n) is 10.9. The molecule has 1 aromatic rings. The molecule has 0 fully saturated rings. The molecule has 0 aliphatic carbocycles. The van der Waals surface area contributed by atoms with Gasteiger partial charge in [0.2, 0.25) is 0 Å². The first-order valence-electron chi connectivity index (χ1n) is 6.00. The Bertz CT molecular complexity index is 510. The maximum atomic E-state index is 9.70. The van der Waals surface area contributed by atoms with E-state index in [1.54, 1.807) is 6.92 Å². The zero-order valence-corrected chi connectivity index (χ0v) is 10.9. The van der Waals surface area contributed by atoms with Crippen molar-refractivity contribution in [3.63, 3.8) is 0 Å². The number of rotatable bonds is 2. The third-order valence-electron chi connectivity index (χ3n) is 3.21. The third-order valence-corrected chi connectivity index (χ3v) is 3.21. The van der Waals surface area contributed by atoms with E-state index in [4.69, 9.17) is 0 Å². The zero-order chi connectivity index (χ0) is 12.6. The number of aliphatic hydroxyl groups excluding tert-OH is 1. The fourth-order valence-corrected chi connectivity index (χ4v) is 2.36. The summed E-state index contributed by atoms with van der Waals surface area (Å²) in [6.45, 7) is 8.84. The van der Waals surface area contributed by atoms with E-state index in [-0.39, 0.29) is 0 Å². The number of aryl methyl sites for hydroxylation is 1. The predicted molar refractivity (Wildman–Crippen MR) is 72.4 cm³/mol. The summed E-state index contributed by atoms with van der Waals surface area (Å²) in [5.41, 5.74) is 6.99. The first-order valence-corrected chi connectivity index (χ1v) is 6.00. The topological polar surface area (TPSA) is 32.6 Å². The molecular weight excluding hydrogens is 210 g/mol. The molecule has 0 saturated heterocycles. The number of hydrogen-bond acceptors (Lipinski definition) is 2. The van der Waals surface area contributed by atoms with E-state index in [0.29, 0.717) is 0 Å². The summed E-state index contributed by atoms with van der Waals surface area (Å²) in [6.07, 6.45) is -0.423. The number of aliphatic hydroxyl groups is 1. The first kappa shape index (κ1) is 12.1. The van der Waals surface area contributed by atoms with Crippen LogP contribution < -0.4 is 0 Å². The summed E-state index contributed by atoms with van der Waals surface area (Å²) in [4.78, 5) is 4.46. The normalized spacial score (nSPS) is 17.4. The van der Waals surface area contributed by atoms with Gasteiger partial charge in [-0.15, -0.1) is 0 Å². The molecule has 0 aromatic heterocycles. The Balaban J connectivity index is 2.53. The largest absolute Gasteiger partial charge is 0.389 e. The second-order valence-electron chi connectivity index (χ2n) is 4.87. The van der Waals surface area contributed by atoms with Crippen molar-refractivity contribution in [3.05, 3.63) is 40.5 Å². The molecule has 0 saturated carbocycles. The van der Waals surface area contributed by atoms with Crippen molar-refractivity contribution < 1.29 is 5.11 Å². The molecule has 1 N–H and O–H groups in total. The van der Waals surface area contributed by atoms with Crippen LogP contribution in [0.3, 0.4) is 0 Å². The molecule has 0 radical (unpaired) electrons. The van der Waals surface area contributed by atoms with Crippen molar-refractivity contribution in [1.82, 2.24) is 0 Å². The van der Waals surface area contributed by atoms with Crippen molar-refractivity contribution in [2.45, 2.75) is 33.8 Å². The average molecular weight is 229 g/mol. The Morgan fingerprint density at radius 3 is 2.41 bits per heavy atom. The fourth-order valence-electron chi connectivity index (χ4n) is 2.36. The Hall–Kier alpha value is -1.41. The lowest BCUT2D eigenvalue weighted by atomic mass is 9.94. The van der Waals surface area contributed by atoms with E-state index >= 15 is 0 Å². The second-order valence-corrected chi connectivity index (χ2v) is 4.87. The number of aliphatic imine (C=N–C) groups is 1. The average Bonchev–Trinajstić information content (AvgIpc) is 2.57. The Morgan fingerprint density at radius 2 is 1.88 bits per heavy atom. The van der Waals surface area contributed by atoms with E-state index in [9.17, 15) is 5.11 Å². The van der Waals surface area contributed by atoms with Gasteiger partial charge in [-0.2, -0.15) is 0 Å². The van der Waals surface area contributed by atoms with Gasteiger partial charge in [-0.3, -0.25) is 4.99 Å². The summed E-state index contributed by atoms with van der Waals surface area (Å²) < 4.78 is 0. The highest BCUT2D eigenvalue weighted by Crippen LogP contribution is 2.28. The molecule has 1 aliphatic rings. The van der Waals surface area contributed by atoms with Crippen LogP contribution in [0.1, 0.15) is 43.6 Å². The highest BCUT2D eigenvalue weighted by Gasteiger charge is 2.16. The summed E-state index contributed by atoms with van der Waals surface area (Å²) in [7, 11) is 0. The van der Waals surface area contributed by atoms with Gasteiger partial charge in [0.25, 0.3) is 0 Å². The maximum absolute atomic E-state index is 9.70. The second kappa shape index (κ2) is 4.46. The Morgan fingerprint density at radius 1 is 1.18 bits per heavy atom. The minimum atomic E-state index is -0.423. The van der Waals surface area contributed by atoms with Crippen LogP contribution in [0.2, 0.25) is 0 Å². The summed E-state index contributed by atoms with van der Waals surface area (Å²) in [5.74, 6) is 0. The van der Waals surface area contributed by atoms with Crippen LogP contribution in [0.4, 0.5) is 0 Å². The van der Waals surface area contributed by atoms with Crippen molar-refractivity contribution in [2.24, 2.45) is 4.99 Å². The number of nitrogens with zero attached hydrogens (tertiary/aromatic N) is 1. The molecule has 90 valence electrons. The van der Waals surface area contributed by atoms with Crippen LogP contribution in [0.5, 0.6) is 0 Å². The molecule has 1 unspecified atom stereocenters. The lowest BCUT2D eigenvalue weighted by Gasteiger charge is -2.12. The molecule has 17 heavy (non-hydrogen) atoms. The maximum Gasteiger partial charge on any atom is 0.0762 e. The molecule has 2 heteroatoms. The van der Waals surface area contributed by atoms with Gasteiger partial charge in [-0.25, -0.2) is 0 Å². The van der Waals surface area contributed by atoms with Gasteiger partial charge in [0.1, 0.15) is 0 Å². The standard InChI is InChI=1S/C15H19NO/c1-9-5-13(12(4)17)7-14(6-9)15-10(2)8-16-11(15)3/h5-7,12,17H,8H2,1-4H3. The van der Waals surface area contributed by atoms with Crippen LogP contribution in [0.25, 0.3) is 5.57 Å². The summed E-state index contributed by atoms with van der Waals surface area (Å²) in [6, 6.07) is 6.27. The summed E-state index contributed by atoms with van der Waals surface area (Å²) >= 11 is 0. The van der Waals surface area contributed by atoms with Gasteiger partial charge in [0.05, 0.1) is 12.6 Å². The molecule has 2 rings (SSSR count). The highest BCUT2D eigenvalue weighted by molar-refractivity contribution is 6.25. The van der Waals surface area contributed by atoms with Crippen molar-refractivity contribution in [3.8, 4) is 0 Å². The highest BCUT2D eigenvalue weighted by atomic mass is 16.3. The molecular formula is C15H19NO. The lowest BCUT2D eigenvalue weighted by molar-refractivity contribution is 0.199. The van der Waals surface area contributed by atoms with Crippen LogP contribution in [-0.2, 0) is 0 Å². The summed E-state index contributed by atoms with van der Waals surface area (Å²) in [5, 5.41) is 9.70. The van der Waals surface area contributed by atoms with E-state index in [1.165, 1.54) is 22.3 Å². The SMILES string of the molecule is CC1=NCC(C)=C1c1cc(C)cc(C(C)O)c1. The van der Waals surface area contributed by atoms with Gasteiger partial charge in [-0.05, 0) is 50.5 Å². The van der Waals surface area contributed by atoms with Crippen LogP contribution in [-0.4, -0.2) is 17.4 Å². The molecule has 0 amide bonds. The van der Waals surface area contributed by atoms with Crippen molar-refractivity contribution in [1.29, 1.82) is 0 Å². The molecule has 1 atom stereocenters. The van der Waals surface area contributed by atoms with Crippen molar-refractivity contribution in [2.75, 3.05) is 6.54 Å². The van der Waals surface area contributed by atoms with Crippen LogP contribution >= 0.6 is 0 Å². The molecule has 1 aliphatic heterocycles. The minimum absolute atomic E-state index is 0.423. The Kier molecular flexibility index (Phi) is 3.16. The van der Waals surface area contributed by atoms with Gasteiger partial charge in [0, 0.05) is 11.3 Å². The Labute approximate surface area is 103 Å². The molecule has 0 spiro atoms. The smallest absolute Gasteiger partial charge is 0.0762 e. The van der Waals surface area contributed by atoms with E-state index in [0.717, 1.165) is 17.8 Å². The third kappa shape index (κ3) is 2.32. The number of hydrogen-bond donors (Lipinski definition) is 1. The molecule has 1 aromatic carbocycles. The van der Waals surface area contributed by atoms with E-state index in [1.807, 2.05) is 6.07 Å². The van der Waals surface area contributed by atoms with Crippen LogP contribution in [0, 0.1) is 6.92 Å². The lowest BCUT2D eigenvalue weighted by Crippen LogP contribution is -1.99. The molecule has 2 nitrogen and oxygen atoms in total. The number of benzene rings is 1. The fraction of sp³-hybridized carbons (Fsp3) is 0.400. The van der Waals surface area contributed by atoms with E-state index in [2.05, 4.69) is 37.9 Å². The minimum Gasteiger partial charge on any atom is -0.389 e. The van der Waals surface area contributed by atoms with Crippen LogP contribution in [0.15, 0.2) is 28.8 Å². The predicted octanol–water partition coefficient (Wildman–Crippen LogP) is 3.30. The monoisotopic (exact) mass is 229 g/mol.